The maximum absolute atomic E-state index is 5.22. The van der Waals surface area contributed by atoms with Crippen LogP contribution in [0.2, 0.25) is 0 Å². The molecule has 5 heteroatoms. The predicted molar refractivity (Wildman–Crippen MR) is 62.3 cm³/mol. The summed E-state index contributed by atoms with van der Waals surface area (Å²) in [4.78, 5) is 8.10. The van der Waals surface area contributed by atoms with Gasteiger partial charge in [-0.05, 0) is 17.9 Å². The molecule has 1 heterocycles. The van der Waals surface area contributed by atoms with Crippen LogP contribution in [0, 0.1) is 11.8 Å². The number of anilines is 2. The van der Waals surface area contributed by atoms with Crippen molar-refractivity contribution in [2.24, 2.45) is 17.7 Å². The zero-order chi connectivity index (χ0) is 11.3. The van der Waals surface area contributed by atoms with Crippen molar-refractivity contribution in [1.82, 2.24) is 9.97 Å². The Morgan fingerprint density at radius 3 is 2.73 bits per heavy atom. The topological polar surface area (TPSA) is 75.9 Å². The summed E-state index contributed by atoms with van der Waals surface area (Å²) in [6.45, 7) is 7.53. The van der Waals surface area contributed by atoms with Gasteiger partial charge in [0.1, 0.15) is 5.82 Å². The van der Waals surface area contributed by atoms with Crippen LogP contribution in [0.1, 0.15) is 20.8 Å². The van der Waals surface area contributed by atoms with Crippen LogP contribution in [0.4, 0.5) is 11.8 Å². The molecule has 1 aromatic rings. The molecule has 0 aliphatic heterocycles. The standard InChI is InChI=1S/C10H19N5/c1-7(2)8(3)6-13-9-4-5-12-10(14-9)15-11/h4-5,7-8H,6,11H2,1-3H3,(H2,12,13,14,15). The van der Waals surface area contributed by atoms with E-state index in [1.165, 1.54) is 0 Å². The van der Waals surface area contributed by atoms with Crippen molar-refractivity contribution in [3.05, 3.63) is 12.3 Å². The molecule has 5 nitrogen and oxygen atoms in total. The third kappa shape index (κ3) is 3.71. The first-order valence-electron chi connectivity index (χ1n) is 5.17. The van der Waals surface area contributed by atoms with Gasteiger partial charge in [0.25, 0.3) is 0 Å². The maximum atomic E-state index is 5.22. The van der Waals surface area contributed by atoms with E-state index in [9.17, 15) is 0 Å². The number of hydrogen-bond donors (Lipinski definition) is 3. The molecule has 0 aliphatic rings. The monoisotopic (exact) mass is 209 g/mol. The summed E-state index contributed by atoms with van der Waals surface area (Å²) in [5, 5.41) is 3.25. The second-order valence-corrected chi connectivity index (χ2v) is 4.01. The Kier molecular flexibility index (Phi) is 4.30. The number of hydrogen-bond acceptors (Lipinski definition) is 5. The van der Waals surface area contributed by atoms with Gasteiger partial charge >= 0.3 is 0 Å². The molecular formula is C10H19N5. The Labute approximate surface area is 90.5 Å². The van der Waals surface area contributed by atoms with Crippen molar-refractivity contribution in [1.29, 1.82) is 0 Å². The molecule has 84 valence electrons. The van der Waals surface area contributed by atoms with E-state index in [0.29, 0.717) is 17.8 Å². The third-order valence-electron chi connectivity index (χ3n) is 2.53. The van der Waals surface area contributed by atoms with Crippen LogP contribution in [0.5, 0.6) is 0 Å². The maximum Gasteiger partial charge on any atom is 0.239 e. The lowest BCUT2D eigenvalue weighted by atomic mass is 9.98. The molecule has 1 unspecified atom stereocenters. The highest BCUT2D eigenvalue weighted by Crippen LogP contribution is 2.11. The van der Waals surface area contributed by atoms with Crippen LogP contribution >= 0.6 is 0 Å². The fourth-order valence-corrected chi connectivity index (χ4v) is 1.03. The Bertz CT molecular complexity index is 300. The second kappa shape index (κ2) is 5.50. The molecule has 0 saturated heterocycles. The van der Waals surface area contributed by atoms with E-state index < -0.39 is 0 Å². The summed E-state index contributed by atoms with van der Waals surface area (Å²) in [7, 11) is 0. The molecule has 0 aliphatic carbocycles. The highest BCUT2D eigenvalue weighted by molar-refractivity contribution is 5.38. The first-order valence-corrected chi connectivity index (χ1v) is 5.17. The first-order chi connectivity index (χ1) is 7.13. The molecule has 15 heavy (non-hydrogen) atoms. The quantitative estimate of drug-likeness (QED) is 0.505. The van der Waals surface area contributed by atoms with Crippen molar-refractivity contribution in [2.45, 2.75) is 20.8 Å². The zero-order valence-electron chi connectivity index (χ0n) is 9.49. The van der Waals surface area contributed by atoms with E-state index in [4.69, 9.17) is 5.84 Å². The SMILES string of the molecule is CC(C)C(C)CNc1ccnc(NN)n1. The lowest BCUT2D eigenvalue weighted by Gasteiger charge is -2.16. The minimum atomic E-state index is 0.428. The Morgan fingerprint density at radius 1 is 1.40 bits per heavy atom. The summed E-state index contributed by atoms with van der Waals surface area (Å²) in [5.41, 5.74) is 2.42. The number of aromatic nitrogens is 2. The highest BCUT2D eigenvalue weighted by Gasteiger charge is 2.06. The van der Waals surface area contributed by atoms with Crippen LogP contribution in [-0.2, 0) is 0 Å². The summed E-state index contributed by atoms with van der Waals surface area (Å²) < 4.78 is 0. The lowest BCUT2D eigenvalue weighted by Crippen LogP contribution is -2.17. The van der Waals surface area contributed by atoms with Gasteiger partial charge in [-0.25, -0.2) is 10.8 Å². The molecule has 0 spiro atoms. The van der Waals surface area contributed by atoms with Crippen molar-refractivity contribution >= 4 is 11.8 Å². The van der Waals surface area contributed by atoms with Gasteiger partial charge in [-0.2, -0.15) is 4.98 Å². The summed E-state index contributed by atoms with van der Waals surface area (Å²) in [5.74, 6) is 7.71. The molecular weight excluding hydrogens is 190 g/mol. The van der Waals surface area contributed by atoms with Crippen LogP contribution in [0.3, 0.4) is 0 Å². The molecule has 0 saturated carbocycles. The van der Waals surface area contributed by atoms with E-state index in [1.54, 1.807) is 6.20 Å². The molecule has 4 N–H and O–H groups in total. The minimum Gasteiger partial charge on any atom is -0.370 e. The first kappa shape index (κ1) is 11.7. The Morgan fingerprint density at radius 2 is 2.13 bits per heavy atom. The predicted octanol–water partition coefficient (Wildman–Crippen LogP) is 1.47. The van der Waals surface area contributed by atoms with Crippen molar-refractivity contribution in [3.8, 4) is 0 Å². The minimum absolute atomic E-state index is 0.428. The van der Waals surface area contributed by atoms with Gasteiger partial charge in [0.2, 0.25) is 5.95 Å². The van der Waals surface area contributed by atoms with Gasteiger partial charge in [-0.15, -0.1) is 0 Å². The number of hydrazine groups is 1. The van der Waals surface area contributed by atoms with Gasteiger partial charge in [0.05, 0.1) is 0 Å². The number of nitrogen functional groups attached to an aromatic ring is 1. The Balaban J connectivity index is 2.50. The lowest BCUT2D eigenvalue weighted by molar-refractivity contribution is 0.439. The number of nitrogens with zero attached hydrogens (tertiary/aromatic N) is 2. The summed E-state index contributed by atoms with van der Waals surface area (Å²) in [6.07, 6.45) is 1.67. The average molecular weight is 209 g/mol. The average Bonchev–Trinajstić information content (AvgIpc) is 2.26. The normalized spacial score (nSPS) is 12.6. The van der Waals surface area contributed by atoms with Gasteiger partial charge < -0.3 is 5.32 Å². The van der Waals surface area contributed by atoms with Crippen LogP contribution in [0.25, 0.3) is 0 Å². The molecule has 1 atom stereocenters. The van der Waals surface area contributed by atoms with Gasteiger partial charge in [0, 0.05) is 12.7 Å². The molecule has 1 aromatic heterocycles. The van der Waals surface area contributed by atoms with Crippen molar-refractivity contribution in [3.63, 3.8) is 0 Å². The fourth-order valence-electron chi connectivity index (χ4n) is 1.03. The highest BCUT2D eigenvalue weighted by atomic mass is 15.3. The van der Waals surface area contributed by atoms with Crippen LogP contribution < -0.4 is 16.6 Å². The third-order valence-corrected chi connectivity index (χ3v) is 2.53. The van der Waals surface area contributed by atoms with Crippen molar-refractivity contribution in [2.75, 3.05) is 17.3 Å². The van der Waals surface area contributed by atoms with Crippen molar-refractivity contribution < 1.29 is 0 Å². The number of nitrogens with two attached hydrogens (primary N) is 1. The van der Waals surface area contributed by atoms with Gasteiger partial charge in [-0.1, -0.05) is 20.8 Å². The zero-order valence-corrected chi connectivity index (χ0v) is 9.49. The summed E-state index contributed by atoms with van der Waals surface area (Å²) >= 11 is 0. The second-order valence-electron chi connectivity index (χ2n) is 4.01. The van der Waals surface area contributed by atoms with E-state index in [1.807, 2.05) is 6.07 Å². The smallest absolute Gasteiger partial charge is 0.239 e. The number of nitrogens with one attached hydrogen (secondary N) is 2. The van der Waals surface area contributed by atoms with E-state index in [-0.39, 0.29) is 0 Å². The molecule has 0 bridgehead atoms. The summed E-state index contributed by atoms with van der Waals surface area (Å²) in [6, 6.07) is 1.83. The molecule has 0 fully saturated rings. The van der Waals surface area contributed by atoms with Crippen LogP contribution in [0.15, 0.2) is 12.3 Å². The van der Waals surface area contributed by atoms with E-state index in [0.717, 1.165) is 12.4 Å². The molecule has 1 rings (SSSR count). The van der Waals surface area contributed by atoms with Gasteiger partial charge in [0.15, 0.2) is 0 Å². The van der Waals surface area contributed by atoms with E-state index >= 15 is 0 Å². The molecule has 0 radical (unpaired) electrons. The fraction of sp³-hybridized carbons (Fsp3) is 0.600. The molecule has 0 amide bonds. The van der Waals surface area contributed by atoms with Crippen LogP contribution in [-0.4, -0.2) is 16.5 Å². The number of rotatable bonds is 5. The van der Waals surface area contributed by atoms with E-state index in [2.05, 4.69) is 41.5 Å². The largest absolute Gasteiger partial charge is 0.370 e. The van der Waals surface area contributed by atoms with Gasteiger partial charge in [-0.3, -0.25) is 5.43 Å². The Hall–Kier alpha value is -1.36. The molecule has 0 aromatic carbocycles.